The third-order valence-corrected chi connectivity index (χ3v) is 4.07. The Kier molecular flexibility index (Phi) is 6.22. The molecule has 1 saturated carbocycles. The van der Waals surface area contributed by atoms with Gasteiger partial charge in [0.2, 0.25) is 0 Å². The Balaban J connectivity index is 1.73. The van der Waals surface area contributed by atoms with E-state index in [-0.39, 0.29) is 0 Å². The van der Waals surface area contributed by atoms with Gasteiger partial charge in [0.25, 0.3) is 0 Å². The molecule has 106 valence electrons. The fourth-order valence-corrected chi connectivity index (χ4v) is 3.00. The van der Waals surface area contributed by atoms with Crippen LogP contribution in [0.25, 0.3) is 0 Å². The maximum absolute atomic E-state index is 5.83. The highest BCUT2D eigenvalue weighted by Gasteiger charge is 2.24. The highest BCUT2D eigenvalue weighted by atomic mass is 16.5. The van der Waals surface area contributed by atoms with Crippen molar-refractivity contribution in [1.82, 2.24) is 5.32 Å². The van der Waals surface area contributed by atoms with E-state index in [9.17, 15) is 0 Å². The number of rotatable bonds is 7. The molecule has 0 bridgehead atoms. The molecule has 1 N–H and O–H groups in total. The minimum absolute atomic E-state index is 0.716. The summed E-state index contributed by atoms with van der Waals surface area (Å²) in [5, 5.41) is 3.71. The van der Waals surface area contributed by atoms with Crippen LogP contribution in [-0.4, -0.2) is 19.2 Å². The van der Waals surface area contributed by atoms with Gasteiger partial charge in [-0.25, -0.2) is 0 Å². The summed E-state index contributed by atoms with van der Waals surface area (Å²) in [6.45, 7) is 4.24. The first-order chi connectivity index (χ1) is 9.40. The van der Waals surface area contributed by atoms with E-state index < -0.39 is 0 Å². The number of nitrogens with one attached hydrogen (secondary N) is 1. The fraction of sp³-hybridized carbons (Fsp3) is 0.647. The van der Waals surface area contributed by atoms with Crippen LogP contribution in [0.5, 0.6) is 5.75 Å². The Hall–Kier alpha value is -1.02. The van der Waals surface area contributed by atoms with Gasteiger partial charge in [-0.1, -0.05) is 38.0 Å². The van der Waals surface area contributed by atoms with Crippen molar-refractivity contribution in [2.45, 2.75) is 51.5 Å². The van der Waals surface area contributed by atoms with Crippen LogP contribution in [0.2, 0.25) is 0 Å². The lowest BCUT2D eigenvalue weighted by Crippen LogP contribution is -2.39. The van der Waals surface area contributed by atoms with Crippen LogP contribution in [0.3, 0.4) is 0 Å². The molecule has 0 aromatic heterocycles. The number of hydrogen-bond donors (Lipinski definition) is 1. The van der Waals surface area contributed by atoms with Crippen LogP contribution < -0.4 is 10.1 Å². The average Bonchev–Trinajstić information content (AvgIpc) is 2.47. The normalized spacial score (nSPS) is 23.2. The lowest BCUT2D eigenvalue weighted by atomic mass is 9.82. The summed E-state index contributed by atoms with van der Waals surface area (Å²) in [7, 11) is 0. The maximum Gasteiger partial charge on any atom is 0.119 e. The van der Waals surface area contributed by atoms with Gasteiger partial charge in [0.05, 0.1) is 6.61 Å². The van der Waals surface area contributed by atoms with Crippen molar-refractivity contribution in [1.29, 1.82) is 0 Å². The lowest BCUT2D eigenvalue weighted by Gasteiger charge is -2.32. The highest BCUT2D eigenvalue weighted by molar-refractivity contribution is 5.20. The molecule has 0 saturated heterocycles. The molecular formula is C17H27NO. The van der Waals surface area contributed by atoms with Gasteiger partial charge in [0.15, 0.2) is 0 Å². The Morgan fingerprint density at radius 2 is 1.95 bits per heavy atom. The highest BCUT2D eigenvalue weighted by Crippen LogP contribution is 2.27. The summed E-state index contributed by atoms with van der Waals surface area (Å²) in [5.74, 6) is 1.79. The van der Waals surface area contributed by atoms with Gasteiger partial charge in [-0.3, -0.25) is 0 Å². The minimum atomic E-state index is 0.716. The average molecular weight is 261 g/mol. The van der Waals surface area contributed by atoms with Crippen molar-refractivity contribution in [3.8, 4) is 5.75 Å². The predicted molar refractivity (Wildman–Crippen MR) is 80.6 cm³/mol. The molecule has 2 nitrogen and oxygen atoms in total. The molecule has 1 aromatic carbocycles. The first kappa shape index (κ1) is 14.4. The zero-order chi connectivity index (χ0) is 13.3. The summed E-state index contributed by atoms with van der Waals surface area (Å²) in [4.78, 5) is 0. The molecule has 0 radical (unpaired) electrons. The first-order valence-corrected chi connectivity index (χ1v) is 7.81. The molecule has 1 aliphatic carbocycles. The van der Waals surface area contributed by atoms with E-state index in [0.29, 0.717) is 6.04 Å². The van der Waals surface area contributed by atoms with Crippen LogP contribution in [0.4, 0.5) is 0 Å². The van der Waals surface area contributed by atoms with Gasteiger partial charge in [0.1, 0.15) is 5.75 Å². The summed E-state index contributed by atoms with van der Waals surface area (Å²) >= 11 is 0. The Morgan fingerprint density at radius 1 is 1.16 bits per heavy atom. The quantitative estimate of drug-likeness (QED) is 0.800. The lowest BCUT2D eigenvalue weighted by molar-refractivity contribution is 0.204. The molecule has 2 heteroatoms. The third kappa shape index (κ3) is 4.87. The van der Waals surface area contributed by atoms with E-state index in [1.807, 2.05) is 30.3 Å². The molecule has 0 amide bonds. The minimum Gasteiger partial charge on any atom is -0.494 e. The Bertz CT molecular complexity index is 338. The third-order valence-electron chi connectivity index (χ3n) is 4.07. The van der Waals surface area contributed by atoms with Crippen molar-refractivity contribution in [2.24, 2.45) is 5.92 Å². The van der Waals surface area contributed by atoms with E-state index in [0.717, 1.165) is 24.8 Å². The van der Waals surface area contributed by atoms with Gasteiger partial charge in [0, 0.05) is 6.04 Å². The second-order valence-corrected chi connectivity index (χ2v) is 5.56. The largest absolute Gasteiger partial charge is 0.494 e. The van der Waals surface area contributed by atoms with Crippen LogP contribution in [-0.2, 0) is 0 Å². The van der Waals surface area contributed by atoms with E-state index in [4.69, 9.17) is 4.74 Å². The molecule has 0 heterocycles. The summed E-state index contributed by atoms with van der Waals surface area (Å²) in [5.41, 5.74) is 0. The van der Waals surface area contributed by atoms with Crippen LogP contribution in [0.15, 0.2) is 30.3 Å². The smallest absolute Gasteiger partial charge is 0.119 e. The van der Waals surface area contributed by atoms with E-state index in [2.05, 4.69) is 12.2 Å². The monoisotopic (exact) mass is 261 g/mol. The molecule has 2 rings (SSSR count). The molecule has 0 aliphatic heterocycles. The van der Waals surface area contributed by atoms with Crippen molar-refractivity contribution < 1.29 is 4.74 Å². The Labute approximate surface area is 117 Å². The van der Waals surface area contributed by atoms with Gasteiger partial charge in [-0.15, -0.1) is 0 Å². The summed E-state index contributed by atoms with van der Waals surface area (Å²) in [6, 6.07) is 10.9. The molecular weight excluding hydrogens is 234 g/mol. The first-order valence-electron chi connectivity index (χ1n) is 7.81. The molecule has 2 unspecified atom stereocenters. The predicted octanol–water partition coefficient (Wildman–Crippen LogP) is 4.01. The SMILES string of the molecule is CCCNC1CCCCC1CCOc1ccccc1. The number of para-hydroxylation sites is 1. The second-order valence-electron chi connectivity index (χ2n) is 5.56. The zero-order valence-corrected chi connectivity index (χ0v) is 12.1. The Morgan fingerprint density at radius 3 is 2.74 bits per heavy atom. The van der Waals surface area contributed by atoms with E-state index in [1.54, 1.807) is 0 Å². The van der Waals surface area contributed by atoms with Crippen LogP contribution >= 0.6 is 0 Å². The van der Waals surface area contributed by atoms with E-state index >= 15 is 0 Å². The second kappa shape index (κ2) is 8.21. The zero-order valence-electron chi connectivity index (χ0n) is 12.1. The maximum atomic E-state index is 5.83. The summed E-state index contributed by atoms with van der Waals surface area (Å²) in [6.07, 6.45) is 7.88. The summed E-state index contributed by atoms with van der Waals surface area (Å²) < 4.78 is 5.83. The van der Waals surface area contributed by atoms with Gasteiger partial charge in [-0.05, 0) is 50.3 Å². The molecule has 19 heavy (non-hydrogen) atoms. The van der Waals surface area contributed by atoms with Crippen LogP contribution in [0.1, 0.15) is 45.4 Å². The standard InChI is InChI=1S/C17H27NO/c1-2-13-18-17-11-7-6-8-15(17)12-14-19-16-9-4-3-5-10-16/h3-5,9-10,15,17-18H,2,6-8,11-14H2,1H3. The number of ether oxygens (including phenoxy) is 1. The van der Waals surface area contributed by atoms with Gasteiger partial charge < -0.3 is 10.1 Å². The molecule has 1 fully saturated rings. The topological polar surface area (TPSA) is 21.3 Å². The molecule has 2 atom stereocenters. The number of benzene rings is 1. The van der Waals surface area contributed by atoms with Gasteiger partial charge in [-0.2, -0.15) is 0 Å². The molecule has 0 spiro atoms. The van der Waals surface area contributed by atoms with Crippen LogP contribution in [0, 0.1) is 5.92 Å². The molecule has 1 aromatic rings. The van der Waals surface area contributed by atoms with E-state index in [1.165, 1.54) is 38.5 Å². The van der Waals surface area contributed by atoms with Crippen molar-refractivity contribution in [3.63, 3.8) is 0 Å². The molecule has 1 aliphatic rings. The van der Waals surface area contributed by atoms with Crippen molar-refractivity contribution in [2.75, 3.05) is 13.2 Å². The van der Waals surface area contributed by atoms with Crippen molar-refractivity contribution in [3.05, 3.63) is 30.3 Å². The number of hydrogen-bond acceptors (Lipinski definition) is 2. The van der Waals surface area contributed by atoms with Gasteiger partial charge >= 0.3 is 0 Å². The fourth-order valence-electron chi connectivity index (χ4n) is 3.00. The van der Waals surface area contributed by atoms with Crippen molar-refractivity contribution >= 4 is 0 Å².